The Morgan fingerprint density at radius 1 is 1.05 bits per heavy atom. The summed E-state index contributed by atoms with van der Waals surface area (Å²) in [6, 6.07) is 13.1. The Bertz CT molecular complexity index is 567. The molecule has 0 bridgehead atoms. The Morgan fingerprint density at radius 2 is 1.70 bits per heavy atom. The average Bonchev–Trinajstić information content (AvgIpc) is 2.41. The van der Waals surface area contributed by atoms with E-state index in [-0.39, 0.29) is 0 Å². The molecule has 0 saturated heterocycles. The number of hydrogen-bond donors (Lipinski definition) is 5. The molecule has 0 spiro atoms. The number of aliphatic hydroxyl groups excluding tert-OH is 1. The van der Waals surface area contributed by atoms with E-state index in [1.807, 2.05) is 36.4 Å². The van der Waals surface area contributed by atoms with E-state index < -0.39 is 6.23 Å². The second kappa shape index (κ2) is 6.16. The molecule has 2 aromatic rings. The van der Waals surface area contributed by atoms with E-state index >= 15 is 0 Å². The standard InChI is InChI=1S/C15H20N4O/c1-10(20)19-14-5-3-13(4-6-14)18-9-11-8-12(16)2-7-15(11)17/h2-8,10,18-20H,9,16-17H2,1H3. The number of nitrogens with two attached hydrogens (primary N) is 2. The van der Waals surface area contributed by atoms with Gasteiger partial charge in [0, 0.05) is 29.3 Å². The number of anilines is 4. The zero-order valence-electron chi connectivity index (χ0n) is 11.4. The van der Waals surface area contributed by atoms with Crippen LogP contribution in [0.5, 0.6) is 0 Å². The smallest absolute Gasteiger partial charge is 0.121 e. The van der Waals surface area contributed by atoms with Crippen molar-refractivity contribution in [3.05, 3.63) is 48.0 Å². The average molecular weight is 272 g/mol. The molecular formula is C15H20N4O. The molecule has 2 rings (SSSR count). The third-order valence-corrected chi connectivity index (χ3v) is 2.91. The zero-order chi connectivity index (χ0) is 14.5. The second-order valence-corrected chi connectivity index (χ2v) is 4.71. The molecule has 0 amide bonds. The van der Waals surface area contributed by atoms with Crippen LogP contribution in [0.4, 0.5) is 22.7 Å². The first-order valence-electron chi connectivity index (χ1n) is 6.47. The Labute approximate surface area is 118 Å². The second-order valence-electron chi connectivity index (χ2n) is 4.71. The van der Waals surface area contributed by atoms with E-state index in [0.717, 1.165) is 22.6 Å². The predicted octanol–water partition coefficient (Wildman–Crippen LogP) is 2.21. The van der Waals surface area contributed by atoms with E-state index in [1.54, 1.807) is 13.0 Å². The van der Waals surface area contributed by atoms with Crippen molar-refractivity contribution in [2.75, 3.05) is 22.1 Å². The Balaban J connectivity index is 1.98. The van der Waals surface area contributed by atoms with E-state index in [0.29, 0.717) is 12.2 Å². The summed E-state index contributed by atoms with van der Waals surface area (Å²) in [4.78, 5) is 0. The maximum atomic E-state index is 9.23. The monoisotopic (exact) mass is 272 g/mol. The van der Waals surface area contributed by atoms with Gasteiger partial charge in [-0.3, -0.25) is 0 Å². The van der Waals surface area contributed by atoms with Gasteiger partial charge < -0.3 is 27.2 Å². The fraction of sp³-hybridized carbons (Fsp3) is 0.200. The van der Waals surface area contributed by atoms with Gasteiger partial charge in [0.25, 0.3) is 0 Å². The molecule has 0 radical (unpaired) electrons. The summed E-state index contributed by atoms with van der Waals surface area (Å²) in [6.45, 7) is 2.29. The highest BCUT2D eigenvalue weighted by molar-refractivity contribution is 5.58. The van der Waals surface area contributed by atoms with Gasteiger partial charge in [-0.2, -0.15) is 0 Å². The summed E-state index contributed by atoms with van der Waals surface area (Å²) in [7, 11) is 0. The number of rotatable bonds is 5. The summed E-state index contributed by atoms with van der Waals surface area (Å²) >= 11 is 0. The van der Waals surface area contributed by atoms with E-state index in [2.05, 4.69) is 10.6 Å². The summed E-state index contributed by atoms with van der Waals surface area (Å²) in [5.74, 6) is 0. The highest BCUT2D eigenvalue weighted by Crippen LogP contribution is 2.19. The summed E-state index contributed by atoms with van der Waals surface area (Å²) in [5, 5.41) is 15.4. The van der Waals surface area contributed by atoms with Crippen LogP contribution in [0.15, 0.2) is 42.5 Å². The molecule has 20 heavy (non-hydrogen) atoms. The molecule has 7 N–H and O–H groups in total. The minimum absolute atomic E-state index is 0.569. The molecule has 0 heterocycles. The van der Waals surface area contributed by atoms with Crippen molar-refractivity contribution in [3.63, 3.8) is 0 Å². The summed E-state index contributed by atoms with van der Waals surface area (Å²) in [6.07, 6.45) is -0.569. The van der Waals surface area contributed by atoms with Crippen LogP contribution in [0.1, 0.15) is 12.5 Å². The molecule has 0 aliphatic heterocycles. The van der Waals surface area contributed by atoms with Gasteiger partial charge in [0.2, 0.25) is 0 Å². The molecule has 1 atom stereocenters. The van der Waals surface area contributed by atoms with Gasteiger partial charge in [-0.25, -0.2) is 0 Å². The van der Waals surface area contributed by atoms with Gasteiger partial charge in [-0.05, 0) is 55.0 Å². The molecular weight excluding hydrogens is 252 g/mol. The van der Waals surface area contributed by atoms with Crippen LogP contribution in [0.3, 0.4) is 0 Å². The molecule has 2 aromatic carbocycles. The molecule has 0 aromatic heterocycles. The van der Waals surface area contributed by atoms with Crippen LogP contribution < -0.4 is 22.1 Å². The lowest BCUT2D eigenvalue weighted by Gasteiger charge is -2.12. The number of aliphatic hydroxyl groups is 1. The maximum Gasteiger partial charge on any atom is 0.121 e. The van der Waals surface area contributed by atoms with Crippen molar-refractivity contribution in [2.45, 2.75) is 19.7 Å². The van der Waals surface area contributed by atoms with Crippen molar-refractivity contribution in [1.82, 2.24) is 0 Å². The number of nitrogens with one attached hydrogen (secondary N) is 2. The molecule has 1 unspecified atom stereocenters. The topological polar surface area (TPSA) is 96.3 Å². The molecule has 0 saturated carbocycles. The van der Waals surface area contributed by atoms with Crippen LogP contribution in [0.2, 0.25) is 0 Å². The van der Waals surface area contributed by atoms with Gasteiger partial charge >= 0.3 is 0 Å². The third kappa shape index (κ3) is 3.80. The Kier molecular flexibility index (Phi) is 4.32. The van der Waals surface area contributed by atoms with E-state index in [9.17, 15) is 5.11 Å². The molecule has 0 fully saturated rings. The van der Waals surface area contributed by atoms with Crippen LogP contribution in [0.25, 0.3) is 0 Å². The number of nitrogen functional groups attached to an aromatic ring is 2. The number of benzene rings is 2. The van der Waals surface area contributed by atoms with Crippen LogP contribution in [0, 0.1) is 0 Å². The minimum atomic E-state index is -0.569. The Hall–Kier alpha value is -2.40. The van der Waals surface area contributed by atoms with Gasteiger partial charge in [0.05, 0.1) is 0 Å². The van der Waals surface area contributed by atoms with Crippen molar-refractivity contribution in [2.24, 2.45) is 0 Å². The Morgan fingerprint density at radius 3 is 2.35 bits per heavy atom. The van der Waals surface area contributed by atoms with Crippen LogP contribution >= 0.6 is 0 Å². The van der Waals surface area contributed by atoms with E-state index in [1.165, 1.54) is 0 Å². The maximum absolute atomic E-state index is 9.23. The van der Waals surface area contributed by atoms with Crippen molar-refractivity contribution in [1.29, 1.82) is 0 Å². The van der Waals surface area contributed by atoms with Crippen molar-refractivity contribution >= 4 is 22.7 Å². The molecule has 0 aliphatic carbocycles. The highest BCUT2D eigenvalue weighted by Gasteiger charge is 2.01. The van der Waals surface area contributed by atoms with Crippen molar-refractivity contribution < 1.29 is 5.11 Å². The molecule has 0 aliphatic rings. The van der Waals surface area contributed by atoms with Gasteiger partial charge in [-0.15, -0.1) is 0 Å². The zero-order valence-corrected chi connectivity index (χ0v) is 11.4. The molecule has 106 valence electrons. The fourth-order valence-corrected chi connectivity index (χ4v) is 1.90. The predicted molar refractivity (Wildman–Crippen MR) is 84.3 cm³/mol. The first-order valence-corrected chi connectivity index (χ1v) is 6.47. The van der Waals surface area contributed by atoms with Crippen molar-refractivity contribution in [3.8, 4) is 0 Å². The highest BCUT2D eigenvalue weighted by atomic mass is 16.3. The lowest BCUT2D eigenvalue weighted by atomic mass is 10.1. The first-order chi connectivity index (χ1) is 9.54. The lowest BCUT2D eigenvalue weighted by molar-refractivity contribution is 0.224. The molecule has 5 nitrogen and oxygen atoms in total. The number of hydrogen-bond acceptors (Lipinski definition) is 5. The van der Waals surface area contributed by atoms with Gasteiger partial charge in [-0.1, -0.05) is 0 Å². The quantitative estimate of drug-likeness (QED) is 0.425. The fourth-order valence-electron chi connectivity index (χ4n) is 1.90. The summed E-state index contributed by atoms with van der Waals surface area (Å²) in [5.41, 5.74) is 15.9. The van der Waals surface area contributed by atoms with Crippen LogP contribution in [-0.4, -0.2) is 11.3 Å². The summed E-state index contributed by atoms with van der Waals surface area (Å²) < 4.78 is 0. The van der Waals surface area contributed by atoms with E-state index in [4.69, 9.17) is 11.5 Å². The first kappa shape index (κ1) is 14.0. The largest absolute Gasteiger partial charge is 0.399 e. The normalized spacial score (nSPS) is 11.9. The van der Waals surface area contributed by atoms with Gasteiger partial charge in [0.15, 0.2) is 0 Å². The van der Waals surface area contributed by atoms with Gasteiger partial charge in [0.1, 0.15) is 6.23 Å². The lowest BCUT2D eigenvalue weighted by Crippen LogP contribution is -2.13. The molecule has 5 heteroatoms. The minimum Gasteiger partial charge on any atom is -0.399 e. The third-order valence-electron chi connectivity index (χ3n) is 2.91. The SMILES string of the molecule is CC(O)Nc1ccc(NCc2cc(N)ccc2N)cc1. The van der Waals surface area contributed by atoms with Crippen LogP contribution in [-0.2, 0) is 6.54 Å².